The van der Waals surface area contributed by atoms with Gasteiger partial charge in [0.25, 0.3) is 5.91 Å². The van der Waals surface area contributed by atoms with Gasteiger partial charge in [-0.05, 0) is 24.3 Å². The zero-order valence-electron chi connectivity index (χ0n) is 12.3. The molecule has 1 aromatic carbocycles. The van der Waals surface area contributed by atoms with Crippen LogP contribution < -0.4 is 9.64 Å². The molecule has 1 heterocycles. The van der Waals surface area contributed by atoms with Gasteiger partial charge in [0.05, 0.1) is 25.3 Å². The number of methoxy groups -OCH3 is 1. The molecule has 0 bridgehead atoms. The fraction of sp³-hybridized carbons (Fsp3) is 0.467. The van der Waals surface area contributed by atoms with Crippen LogP contribution in [0, 0.1) is 0 Å². The lowest BCUT2D eigenvalue weighted by Gasteiger charge is -2.25. The summed E-state index contributed by atoms with van der Waals surface area (Å²) < 4.78 is 5.08. The fourth-order valence-electron chi connectivity index (χ4n) is 2.54. The number of ether oxygens (including phenoxy) is 1. The Labute approximate surface area is 139 Å². The lowest BCUT2D eigenvalue weighted by Crippen LogP contribution is -2.44. The Balaban J connectivity index is 2.19. The summed E-state index contributed by atoms with van der Waals surface area (Å²) in [4.78, 5) is 27.9. The molecule has 1 aliphatic rings. The minimum absolute atomic E-state index is 0.151. The lowest BCUT2D eigenvalue weighted by molar-refractivity contribution is -0.122. The molecule has 0 saturated carbocycles. The Kier molecular flexibility index (Phi) is 6.06. The molecule has 7 heteroatoms. The summed E-state index contributed by atoms with van der Waals surface area (Å²) in [6, 6.07) is 6.35. The van der Waals surface area contributed by atoms with E-state index in [1.807, 2.05) is 4.90 Å². The van der Waals surface area contributed by atoms with Gasteiger partial charge in [-0.1, -0.05) is 0 Å². The Morgan fingerprint density at radius 2 is 1.77 bits per heavy atom. The van der Waals surface area contributed by atoms with E-state index in [0.29, 0.717) is 36.3 Å². The van der Waals surface area contributed by atoms with E-state index < -0.39 is 6.04 Å². The molecule has 1 atom stereocenters. The number of anilines is 1. The van der Waals surface area contributed by atoms with Gasteiger partial charge in [0.2, 0.25) is 5.91 Å². The number of alkyl halides is 2. The van der Waals surface area contributed by atoms with E-state index in [-0.39, 0.29) is 18.2 Å². The monoisotopic (exact) mass is 344 g/mol. The molecule has 0 N–H and O–H groups in total. The number of amides is 2. The smallest absolute Gasteiger partial charge is 0.251 e. The zero-order chi connectivity index (χ0) is 16.1. The predicted molar refractivity (Wildman–Crippen MR) is 86.9 cm³/mol. The molecule has 1 aromatic rings. The number of nitrogens with zero attached hydrogens (tertiary/aromatic N) is 2. The first-order valence-electron chi connectivity index (χ1n) is 6.99. The SMILES string of the molecule is COc1ccc(N2C(=O)CC(N(CCCl)CCCl)C2=O)cc1. The maximum absolute atomic E-state index is 12.6. The normalized spacial score (nSPS) is 18.4. The summed E-state index contributed by atoms with van der Waals surface area (Å²) in [7, 11) is 1.56. The van der Waals surface area contributed by atoms with Gasteiger partial charge in [0, 0.05) is 24.8 Å². The van der Waals surface area contributed by atoms with Gasteiger partial charge in [-0.25, -0.2) is 4.90 Å². The second kappa shape index (κ2) is 7.81. The van der Waals surface area contributed by atoms with Crippen molar-refractivity contribution in [3.05, 3.63) is 24.3 Å². The summed E-state index contributed by atoms with van der Waals surface area (Å²) in [5.74, 6) is 0.999. The van der Waals surface area contributed by atoms with E-state index in [2.05, 4.69) is 0 Å². The minimum atomic E-state index is -0.493. The third-order valence-corrected chi connectivity index (χ3v) is 3.98. The molecule has 1 saturated heterocycles. The molecule has 1 fully saturated rings. The molecule has 2 rings (SSSR count). The predicted octanol–water partition coefficient (Wildman–Crippen LogP) is 2.11. The third kappa shape index (κ3) is 3.54. The zero-order valence-corrected chi connectivity index (χ0v) is 13.8. The van der Waals surface area contributed by atoms with Gasteiger partial charge >= 0.3 is 0 Å². The maximum atomic E-state index is 12.6. The second-order valence-electron chi connectivity index (χ2n) is 4.90. The van der Waals surface area contributed by atoms with Crippen molar-refractivity contribution in [1.29, 1.82) is 0 Å². The molecule has 0 aliphatic carbocycles. The van der Waals surface area contributed by atoms with Gasteiger partial charge in [-0.2, -0.15) is 0 Å². The first-order valence-corrected chi connectivity index (χ1v) is 8.06. The van der Waals surface area contributed by atoms with E-state index in [4.69, 9.17) is 27.9 Å². The summed E-state index contributed by atoms with van der Waals surface area (Å²) >= 11 is 11.5. The number of carbonyl (C=O) groups is 2. The Hall–Kier alpha value is -1.30. The average Bonchev–Trinajstić information content (AvgIpc) is 2.82. The Bertz CT molecular complexity index is 530. The van der Waals surface area contributed by atoms with Crippen molar-refractivity contribution >= 4 is 40.7 Å². The van der Waals surface area contributed by atoms with Gasteiger partial charge in [-0.15, -0.1) is 23.2 Å². The van der Waals surface area contributed by atoms with Crippen LogP contribution >= 0.6 is 23.2 Å². The van der Waals surface area contributed by atoms with Crippen LogP contribution in [0.4, 0.5) is 5.69 Å². The molecule has 0 spiro atoms. The highest BCUT2D eigenvalue weighted by Crippen LogP contribution is 2.27. The van der Waals surface area contributed by atoms with E-state index in [1.165, 1.54) is 4.90 Å². The minimum Gasteiger partial charge on any atom is -0.497 e. The van der Waals surface area contributed by atoms with E-state index in [9.17, 15) is 9.59 Å². The van der Waals surface area contributed by atoms with Crippen molar-refractivity contribution in [2.75, 3.05) is 36.9 Å². The quantitative estimate of drug-likeness (QED) is 0.561. The van der Waals surface area contributed by atoms with Crippen LogP contribution in [0.2, 0.25) is 0 Å². The lowest BCUT2D eigenvalue weighted by atomic mass is 10.2. The van der Waals surface area contributed by atoms with Crippen molar-refractivity contribution < 1.29 is 14.3 Å². The highest BCUT2D eigenvalue weighted by atomic mass is 35.5. The largest absolute Gasteiger partial charge is 0.497 e. The van der Waals surface area contributed by atoms with Crippen LogP contribution in [-0.2, 0) is 9.59 Å². The van der Waals surface area contributed by atoms with Crippen LogP contribution in [0.3, 0.4) is 0 Å². The topological polar surface area (TPSA) is 49.9 Å². The van der Waals surface area contributed by atoms with E-state index >= 15 is 0 Å². The molecule has 1 unspecified atom stereocenters. The number of halogens is 2. The highest BCUT2D eigenvalue weighted by molar-refractivity contribution is 6.22. The van der Waals surface area contributed by atoms with Crippen LogP contribution in [0.1, 0.15) is 6.42 Å². The molecule has 22 heavy (non-hydrogen) atoms. The molecular formula is C15H18Cl2N2O3. The Morgan fingerprint density at radius 1 is 1.18 bits per heavy atom. The van der Waals surface area contributed by atoms with Gasteiger partial charge < -0.3 is 4.74 Å². The second-order valence-corrected chi connectivity index (χ2v) is 5.66. The average molecular weight is 345 g/mol. The van der Waals surface area contributed by atoms with Crippen LogP contribution in [-0.4, -0.2) is 54.7 Å². The van der Waals surface area contributed by atoms with Gasteiger partial charge in [0.1, 0.15) is 5.75 Å². The van der Waals surface area contributed by atoms with E-state index in [0.717, 1.165) is 0 Å². The van der Waals surface area contributed by atoms with Gasteiger partial charge in [-0.3, -0.25) is 14.5 Å². The first kappa shape index (κ1) is 17.1. The molecule has 5 nitrogen and oxygen atoms in total. The standard InChI is InChI=1S/C15H18Cl2N2O3/c1-22-12-4-2-11(3-5-12)19-14(20)10-13(15(19)21)18(8-6-16)9-7-17/h2-5,13H,6-10H2,1H3. The molecule has 2 amide bonds. The number of carbonyl (C=O) groups excluding carboxylic acids is 2. The molecule has 1 aliphatic heterocycles. The number of imide groups is 1. The molecule has 0 aromatic heterocycles. The summed E-state index contributed by atoms with van der Waals surface area (Å²) in [5, 5.41) is 0. The van der Waals surface area contributed by atoms with Crippen LogP contribution in [0.25, 0.3) is 0 Å². The summed E-state index contributed by atoms with van der Waals surface area (Å²) in [6.45, 7) is 1.04. The number of benzene rings is 1. The number of rotatable bonds is 7. The van der Waals surface area contributed by atoms with Gasteiger partial charge in [0.15, 0.2) is 0 Å². The first-order chi connectivity index (χ1) is 10.6. The van der Waals surface area contributed by atoms with Crippen molar-refractivity contribution in [1.82, 2.24) is 4.90 Å². The third-order valence-electron chi connectivity index (χ3n) is 3.64. The molecule has 0 radical (unpaired) electrons. The fourth-order valence-corrected chi connectivity index (χ4v) is 2.98. The van der Waals surface area contributed by atoms with E-state index in [1.54, 1.807) is 31.4 Å². The molecule has 120 valence electrons. The Morgan fingerprint density at radius 3 is 2.27 bits per heavy atom. The molecular weight excluding hydrogens is 327 g/mol. The maximum Gasteiger partial charge on any atom is 0.251 e. The highest BCUT2D eigenvalue weighted by Gasteiger charge is 2.42. The number of hydrogen-bond acceptors (Lipinski definition) is 4. The van der Waals surface area contributed by atoms with Crippen LogP contribution in [0.15, 0.2) is 24.3 Å². The van der Waals surface area contributed by atoms with Crippen molar-refractivity contribution in [2.24, 2.45) is 0 Å². The summed E-state index contributed by atoms with van der Waals surface area (Å²) in [5.41, 5.74) is 0.551. The van der Waals surface area contributed by atoms with Crippen molar-refractivity contribution in [3.8, 4) is 5.75 Å². The summed E-state index contributed by atoms with van der Waals surface area (Å²) in [6.07, 6.45) is 0.151. The number of hydrogen-bond donors (Lipinski definition) is 0. The van der Waals surface area contributed by atoms with Crippen molar-refractivity contribution in [3.63, 3.8) is 0 Å². The van der Waals surface area contributed by atoms with Crippen molar-refractivity contribution in [2.45, 2.75) is 12.5 Å². The van der Waals surface area contributed by atoms with Crippen LogP contribution in [0.5, 0.6) is 5.75 Å².